The molecule has 0 amide bonds. The molecule has 0 unspecified atom stereocenters. The number of hydrogen-bond donors (Lipinski definition) is 0. The summed E-state index contributed by atoms with van der Waals surface area (Å²) in [6.07, 6.45) is 0. The molecule has 0 saturated carbocycles. The molecule has 6 aromatic carbocycles. The van der Waals surface area contributed by atoms with Gasteiger partial charge in [-0.3, -0.25) is 0 Å². The van der Waals surface area contributed by atoms with Crippen molar-refractivity contribution in [2.45, 2.75) is 105 Å². The van der Waals surface area contributed by atoms with Crippen molar-refractivity contribution in [1.82, 2.24) is 0 Å². The fraction of sp³-hybridized carbons (Fsp3) is 0.340. The van der Waals surface area contributed by atoms with E-state index in [9.17, 15) is 0 Å². The predicted octanol–water partition coefficient (Wildman–Crippen LogP) is 14.4. The van der Waals surface area contributed by atoms with Crippen molar-refractivity contribution in [2.24, 2.45) is 0 Å². The average Bonchev–Trinajstić information content (AvgIpc) is 3.71. The Hall–Kier alpha value is -2.57. The van der Waals surface area contributed by atoms with Crippen LogP contribution in [0.4, 0.5) is 0 Å². The van der Waals surface area contributed by atoms with Gasteiger partial charge in [0.15, 0.2) is 0 Å². The molecule has 0 aliphatic heterocycles. The van der Waals surface area contributed by atoms with Gasteiger partial charge in [0.25, 0.3) is 0 Å². The minimum Gasteiger partial charge on any atom is -0.214 e. The van der Waals surface area contributed by atoms with Gasteiger partial charge in [-0.15, -0.1) is 39.7 Å². The van der Waals surface area contributed by atoms with Crippen LogP contribution in [0.3, 0.4) is 0 Å². The summed E-state index contributed by atoms with van der Waals surface area (Å²) in [4.78, 5) is 0. The third-order valence-corrected chi connectivity index (χ3v) is 11.0. The maximum absolute atomic E-state index is 5.86. The van der Waals surface area contributed by atoms with Gasteiger partial charge in [0.1, 0.15) is 0 Å². The summed E-state index contributed by atoms with van der Waals surface area (Å²) in [7, 11) is 0. The normalized spacial score (nSPS) is 12.3. The van der Waals surface area contributed by atoms with Crippen LogP contribution >= 0.6 is 23.2 Å². The summed E-state index contributed by atoms with van der Waals surface area (Å²) in [6, 6.07) is 38.1. The van der Waals surface area contributed by atoms with Crippen LogP contribution in [0.25, 0.3) is 21.5 Å². The first-order valence-electron chi connectivity index (χ1n) is 17.6. The van der Waals surface area contributed by atoms with Crippen LogP contribution in [0.5, 0.6) is 0 Å². The molecule has 0 aliphatic carbocycles. The van der Waals surface area contributed by atoms with Crippen LogP contribution in [0.1, 0.15) is 116 Å². The van der Waals surface area contributed by atoms with Crippen molar-refractivity contribution in [3.63, 3.8) is 0 Å². The van der Waals surface area contributed by atoms with E-state index in [1.54, 1.807) is 0 Å². The van der Waals surface area contributed by atoms with Gasteiger partial charge < -0.3 is 0 Å². The van der Waals surface area contributed by atoms with Crippen molar-refractivity contribution in [3.8, 4) is 0 Å². The van der Waals surface area contributed by atoms with Crippen LogP contribution in [0.15, 0.2) is 109 Å². The Morgan fingerprint density at radius 1 is 0.480 bits per heavy atom. The Morgan fingerprint density at radius 2 is 0.780 bits per heavy atom. The quantitative estimate of drug-likeness (QED) is 0.154. The molecule has 0 spiro atoms. The van der Waals surface area contributed by atoms with Crippen LogP contribution in [0, 0.1) is 0 Å². The van der Waals surface area contributed by atoms with Crippen LogP contribution in [0.2, 0.25) is 10.0 Å². The first kappa shape index (κ1) is 40.2. The Labute approximate surface area is 327 Å². The molecule has 0 atom stereocenters. The van der Waals surface area contributed by atoms with E-state index in [-0.39, 0.29) is 21.7 Å². The summed E-state index contributed by atoms with van der Waals surface area (Å²) in [5.41, 5.74) is 8.83. The molecule has 260 valence electrons. The van der Waals surface area contributed by atoms with Gasteiger partial charge >= 0.3 is 120 Å². The molecule has 0 saturated heterocycles. The van der Waals surface area contributed by atoms with E-state index >= 15 is 0 Å². The molecule has 0 N–H and O–H groups in total. The number of fused-ring (bicyclic) bond motifs is 3. The van der Waals surface area contributed by atoms with Gasteiger partial charge in [0.05, 0.1) is 0 Å². The zero-order chi connectivity index (χ0) is 37.2. The van der Waals surface area contributed by atoms with Crippen molar-refractivity contribution in [2.75, 3.05) is 0 Å². The minimum absolute atomic E-state index is 0.124. The molecule has 0 radical (unpaired) electrons. The molecule has 0 fully saturated rings. The predicted molar refractivity (Wildman–Crippen MR) is 220 cm³/mol. The summed E-state index contributed by atoms with van der Waals surface area (Å²) in [5.74, 6) is 0. The van der Waals surface area contributed by atoms with Gasteiger partial charge in [0.2, 0.25) is 0 Å². The topological polar surface area (TPSA) is 0 Å². The van der Waals surface area contributed by atoms with E-state index in [2.05, 4.69) is 113 Å². The molecule has 0 aliphatic rings. The number of hydrogen-bond acceptors (Lipinski definition) is 0. The second-order valence-electron chi connectivity index (χ2n) is 17.5. The molecule has 50 heavy (non-hydrogen) atoms. The van der Waals surface area contributed by atoms with Gasteiger partial charge in [-0.1, -0.05) is 117 Å². The van der Waals surface area contributed by atoms with Crippen LogP contribution in [-0.2, 0) is 45.9 Å². The van der Waals surface area contributed by atoms with E-state index in [1.165, 1.54) is 82.4 Å². The van der Waals surface area contributed by atoms with Crippen molar-refractivity contribution in [1.29, 1.82) is 0 Å². The summed E-state index contributed by atoms with van der Waals surface area (Å²) in [5, 5.41) is 7.10. The molecule has 0 nitrogen and oxygen atoms in total. The Bertz CT molecular complexity index is 1880. The van der Waals surface area contributed by atoms with E-state index in [0.29, 0.717) is 0 Å². The van der Waals surface area contributed by atoms with Crippen LogP contribution < -0.4 is 0 Å². The fourth-order valence-electron chi connectivity index (χ4n) is 6.31. The molecule has 0 heterocycles. The third-order valence-electron chi connectivity index (χ3n) is 9.03. The third kappa shape index (κ3) is 10.1. The Balaban J connectivity index is 0.000000221. The van der Waals surface area contributed by atoms with E-state index in [4.69, 9.17) is 23.2 Å². The zero-order valence-corrected chi connectivity index (χ0v) is 36.1. The second kappa shape index (κ2) is 15.6. The van der Waals surface area contributed by atoms with Gasteiger partial charge in [-0.25, -0.2) is 12.1 Å². The van der Waals surface area contributed by atoms with Crippen LogP contribution in [-0.4, -0.2) is 3.21 Å². The summed E-state index contributed by atoms with van der Waals surface area (Å²) in [6.45, 7) is 28.0. The largest absolute Gasteiger partial charge is 0.214 e. The average molecular weight is 781 g/mol. The summed E-state index contributed by atoms with van der Waals surface area (Å²) < 4.78 is 1.31. The van der Waals surface area contributed by atoms with E-state index < -0.39 is 0 Å². The maximum atomic E-state index is 5.86. The fourth-order valence-corrected chi connectivity index (χ4v) is 7.38. The van der Waals surface area contributed by atoms with Crippen molar-refractivity contribution >= 4 is 48.0 Å². The van der Waals surface area contributed by atoms with E-state index in [0.717, 1.165) is 10.0 Å². The molecule has 6 rings (SSSR count). The molecule has 3 heteroatoms. The van der Waals surface area contributed by atoms with Gasteiger partial charge in [-0.2, -0.15) is 18.2 Å². The maximum Gasteiger partial charge on any atom is -0.172 e. The van der Waals surface area contributed by atoms with E-state index in [1.807, 2.05) is 78.9 Å². The second-order valence-corrected chi connectivity index (χ2v) is 19.6. The first-order chi connectivity index (χ1) is 23.1. The smallest absolute Gasteiger partial charge is 0.172 e. The summed E-state index contributed by atoms with van der Waals surface area (Å²) >= 11 is 13.1. The zero-order valence-electron chi connectivity index (χ0n) is 32.1. The molecule has 0 aromatic heterocycles. The molecular weight excluding hydrogens is 727 g/mol. The molecule has 6 aromatic rings. The molecular formula is C47H54Cl2Zr. The van der Waals surface area contributed by atoms with Crippen molar-refractivity contribution < 1.29 is 24.2 Å². The Kier molecular flexibility index (Phi) is 12.5. The monoisotopic (exact) mass is 778 g/mol. The Morgan fingerprint density at radius 3 is 1.04 bits per heavy atom. The molecule has 0 bridgehead atoms. The van der Waals surface area contributed by atoms with Gasteiger partial charge in [0, 0.05) is 0 Å². The minimum atomic E-state index is 0.124. The standard InChI is InChI=1S/C29H41.C13H8Cl2.C5H5.Zr/c1-26(2,3)22-14-18-13-19-15-23(27(4,5)6)25(29(10,11)12)17-21(19)20(18)16-24(22)28(7,8)9;14-12-5-1-10(2-6-12)9-11-3-7-13(15)8-4-11;1-2-4-5-3-1;/h13-17H,1-12H3;1-8H;1-5H;/q-1;;-1;+2. The number of halogens is 2. The van der Waals surface area contributed by atoms with Gasteiger partial charge in [-0.05, 0) is 21.7 Å². The number of rotatable bonds is 2. The SMILES string of the molecule is CC(C)(C)c1cc2[cH-]c3cc(C(C)(C)C)c(C(C)(C)C)cc3c2cc1C(C)(C)C.Clc1ccc([C](=[Zr+2])c2ccc(Cl)cc2)cc1.c1cc[cH-]c1. The first-order valence-corrected chi connectivity index (χ1v) is 19.6. The number of benzene rings is 4. The van der Waals surface area contributed by atoms with Crippen molar-refractivity contribution in [3.05, 3.63) is 153 Å².